The molecule has 4 rings (SSSR count). The van der Waals surface area contributed by atoms with Gasteiger partial charge >= 0.3 is 0 Å². The minimum atomic E-state index is -4.11. The van der Waals surface area contributed by atoms with Gasteiger partial charge in [-0.3, -0.25) is 9.10 Å². The van der Waals surface area contributed by atoms with E-state index < -0.39 is 22.5 Å². The van der Waals surface area contributed by atoms with Gasteiger partial charge in [0.2, 0.25) is 5.91 Å². The highest BCUT2D eigenvalue weighted by Crippen LogP contribution is 2.31. The number of hydrogen-bond acceptors (Lipinski definition) is 4. The Morgan fingerprint density at radius 2 is 1.37 bits per heavy atom. The van der Waals surface area contributed by atoms with Crippen LogP contribution < -0.4 is 14.4 Å². The minimum absolute atomic E-state index is 0.0247. The van der Waals surface area contributed by atoms with Crippen LogP contribution in [0.15, 0.2) is 108 Å². The number of rotatable bonds is 8. The predicted octanol–water partition coefficient (Wildman–Crippen LogP) is 6.62. The summed E-state index contributed by atoms with van der Waals surface area (Å²) in [5.74, 6) is 0.427. The van der Waals surface area contributed by atoms with Gasteiger partial charge in [-0.05, 0) is 54.6 Å². The Kier molecular flexibility index (Phi) is 7.60. The Bertz CT molecular complexity index is 1410. The standard InChI is InChI=1S/C26H20Cl2N2O4S/c27-19-15-20(28)17-21(16-19)30(35(32,33)23-11-5-2-6-12-23)18-26(31)29-24-13-7-8-14-25(24)34-22-9-3-1-4-10-22/h1-17H,18H2,(H,29,31). The normalized spacial score (nSPS) is 11.0. The van der Waals surface area contributed by atoms with E-state index in [0.717, 1.165) is 4.31 Å². The summed E-state index contributed by atoms with van der Waals surface area (Å²) in [6, 6.07) is 28.2. The van der Waals surface area contributed by atoms with Crippen molar-refractivity contribution in [1.82, 2.24) is 0 Å². The maximum atomic E-state index is 13.5. The first-order chi connectivity index (χ1) is 16.8. The van der Waals surface area contributed by atoms with Crippen molar-refractivity contribution in [2.75, 3.05) is 16.2 Å². The molecule has 1 N–H and O–H groups in total. The number of hydrogen-bond donors (Lipinski definition) is 1. The third kappa shape index (κ3) is 6.14. The monoisotopic (exact) mass is 526 g/mol. The fourth-order valence-electron chi connectivity index (χ4n) is 3.31. The largest absolute Gasteiger partial charge is 0.455 e. The molecule has 35 heavy (non-hydrogen) atoms. The van der Waals surface area contributed by atoms with Gasteiger partial charge < -0.3 is 10.1 Å². The molecule has 6 nitrogen and oxygen atoms in total. The first-order valence-electron chi connectivity index (χ1n) is 10.5. The molecule has 0 unspecified atom stereocenters. The number of sulfonamides is 1. The predicted molar refractivity (Wildman–Crippen MR) is 139 cm³/mol. The number of nitrogens with one attached hydrogen (secondary N) is 1. The summed E-state index contributed by atoms with van der Waals surface area (Å²) >= 11 is 12.3. The molecule has 0 aromatic heterocycles. The van der Waals surface area contributed by atoms with E-state index in [1.54, 1.807) is 54.6 Å². The molecule has 4 aromatic rings. The van der Waals surface area contributed by atoms with Crippen LogP contribution in [0, 0.1) is 0 Å². The molecule has 0 heterocycles. The molecule has 9 heteroatoms. The number of nitrogens with zero attached hydrogens (tertiary/aromatic N) is 1. The number of benzene rings is 4. The van der Waals surface area contributed by atoms with E-state index in [1.165, 1.54) is 30.3 Å². The molecule has 4 aromatic carbocycles. The highest BCUT2D eigenvalue weighted by molar-refractivity contribution is 7.92. The van der Waals surface area contributed by atoms with Gasteiger partial charge in [0.05, 0.1) is 16.3 Å². The lowest BCUT2D eigenvalue weighted by Crippen LogP contribution is -2.38. The number of anilines is 2. The first-order valence-corrected chi connectivity index (χ1v) is 12.7. The van der Waals surface area contributed by atoms with Crippen LogP contribution in [0.4, 0.5) is 11.4 Å². The number of ether oxygens (including phenoxy) is 1. The van der Waals surface area contributed by atoms with E-state index in [9.17, 15) is 13.2 Å². The maximum absolute atomic E-state index is 13.5. The zero-order valence-electron chi connectivity index (χ0n) is 18.3. The van der Waals surface area contributed by atoms with Crippen molar-refractivity contribution in [3.8, 4) is 11.5 Å². The molecule has 1 amide bonds. The highest BCUT2D eigenvalue weighted by Gasteiger charge is 2.28. The lowest BCUT2D eigenvalue weighted by atomic mass is 10.2. The third-order valence-corrected chi connectivity index (χ3v) is 7.11. The van der Waals surface area contributed by atoms with E-state index in [0.29, 0.717) is 17.2 Å². The number of carbonyl (C=O) groups excluding carboxylic acids is 1. The summed E-state index contributed by atoms with van der Waals surface area (Å²) < 4.78 is 33.8. The zero-order chi connectivity index (χ0) is 24.8. The van der Waals surface area contributed by atoms with Crippen molar-refractivity contribution < 1.29 is 17.9 Å². The molecule has 0 saturated heterocycles. The topological polar surface area (TPSA) is 75.7 Å². The summed E-state index contributed by atoms with van der Waals surface area (Å²) in [4.78, 5) is 13.1. The summed E-state index contributed by atoms with van der Waals surface area (Å²) in [5.41, 5.74) is 0.554. The van der Waals surface area contributed by atoms with Gasteiger partial charge in [0.1, 0.15) is 12.3 Å². The molecule has 0 atom stereocenters. The number of para-hydroxylation sites is 3. The van der Waals surface area contributed by atoms with Gasteiger partial charge in [0.15, 0.2) is 5.75 Å². The summed E-state index contributed by atoms with van der Waals surface area (Å²) in [5, 5.41) is 3.23. The lowest BCUT2D eigenvalue weighted by molar-refractivity contribution is -0.114. The van der Waals surface area contributed by atoms with Gasteiger partial charge in [-0.1, -0.05) is 71.7 Å². The van der Waals surface area contributed by atoms with Crippen molar-refractivity contribution in [1.29, 1.82) is 0 Å². The van der Waals surface area contributed by atoms with Crippen molar-refractivity contribution in [3.05, 3.63) is 113 Å². The Balaban J connectivity index is 1.64. The van der Waals surface area contributed by atoms with Crippen LogP contribution in [0.1, 0.15) is 0 Å². The molecule has 0 spiro atoms. The molecule has 0 bridgehead atoms. The Morgan fingerprint density at radius 1 is 0.800 bits per heavy atom. The van der Waals surface area contributed by atoms with Gasteiger partial charge in [-0.15, -0.1) is 0 Å². The van der Waals surface area contributed by atoms with Gasteiger partial charge in [0.25, 0.3) is 10.0 Å². The van der Waals surface area contributed by atoms with Crippen molar-refractivity contribution >= 4 is 50.5 Å². The third-order valence-electron chi connectivity index (χ3n) is 4.89. The average molecular weight is 527 g/mol. The van der Waals surface area contributed by atoms with Gasteiger partial charge in [-0.25, -0.2) is 8.42 Å². The first kappa shape index (κ1) is 24.6. The fourth-order valence-corrected chi connectivity index (χ4v) is 5.25. The van der Waals surface area contributed by atoms with Gasteiger partial charge in [0, 0.05) is 10.0 Å². The van der Waals surface area contributed by atoms with Crippen LogP contribution in [0.5, 0.6) is 11.5 Å². The van der Waals surface area contributed by atoms with Crippen molar-refractivity contribution in [2.24, 2.45) is 0 Å². The summed E-state index contributed by atoms with van der Waals surface area (Å²) in [6.45, 7) is -0.520. The lowest BCUT2D eigenvalue weighted by Gasteiger charge is -2.24. The van der Waals surface area contributed by atoms with Gasteiger partial charge in [-0.2, -0.15) is 0 Å². The molecular weight excluding hydrogens is 507 g/mol. The number of halogens is 2. The summed E-state index contributed by atoms with van der Waals surface area (Å²) in [7, 11) is -4.11. The van der Waals surface area contributed by atoms with Crippen molar-refractivity contribution in [3.63, 3.8) is 0 Å². The van der Waals surface area contributed by atoms with E-state index >= 15 is 0 Å². The van der Waals surface area contributed by atoms with E-state index in [4.69, 9.17) is 27.9 Å². The molecule has 0 fully saturated rings. The fraction of sp³-hybridized carbons (Fsp3) is 0.0385. The highest BCUT2D eigenvalue weighted by atomic mass is 35.5. The Hall–Kier alpha value is -3.52. The van der Waals surface area contributed by atoms with E-state index in [-0.39, 0.29) is 20.6 Å². The molecule has 0 saturated carbocycles. The van der Waals surface area contributed by atoms with Crippen LogP contribution in [-0.2, 0) is 14.8 Å². The van der Waals surface area contributed by atoms with Crippen LogP contribution in [0.3, 0.4) is 0 Å². The Morgan fingerprint density at radius 3 is 2.03 bits per heavy atom. The number of amides is 1. The second-order valence-corrected chi connectivity index (χ2v) is 10.1. The maximum Gasteiger partial charge on any atom is 0.264 e. The second-order valence-electron chi connectivity index (χ2n) is 7.41. The van der Waals surface area contributed by atoms with Crippen molar-refractivity contribution in [2.45, 2.75) is 4.90 Å². The zero-order valence-corrected chi connectivity index (χ0v) is 20.6. The molecular formula is C26H20Cl2N2O4S. The molecule has 178 valence electrons. The van der Waals surface area contributed by atoms with Crippen LogP contribution in [-0.4, -0.2) is 20.9 Å². The number of carbonyl (C=O) groups is 1. The van der Waals surface area contributed by atoms with E-state index in [1.807, 2.05) is 18.2 Å². The van der Waals surface area contributed by atoms with Crippen LogP contribution in [0.25, 0.3) is 0 Å². The van der Waals surface area contributed by atoms with Crippen LogP contribution >= 0.6 is 23.2 Å². The summed E-state index contributed by atoms with van der Waals surface area (Å²) in [6.07, 6.45) is 0. The quantitative estimate of drug-likeness (QED) is 0.280. The molecule has 0 aliphatic rings. The minimum Gasteiger partial charge on any atom is -0.455 e. The smallest absolute Gasteiger partial charge is 0.264 e. The Labute approximate surface area is 213 Å². The van der Waals surface area contributed by atoms with Crippen LogP contribution in [0.2, 0.25) is 10.0 Å². The molecule has 0 aliphatic heterocycles. The molecule has 0 radical (unpaired) electrons. The molecule has 0 aliphatic carbocycles. The average Bonchev–Trinajstić information content (AvgIpc) is 2.84. The SMILES string of the molecule is O=C(CN(c1cc(Cl)cc(Cl)c1)S(=O)(=O)c1ccccc1)Nc1ccccc1Oc1ccccc1. The van der Waals surface area contributed by atoms with E-state index in [2.05, 4.69) is 5.32 Å². The second kappa shape index (κ2) is 10.8.